The highest BCUT2D eigenvalue weighted by atomic mass is 35.5. The van der Waals surface area contributed by atoms with Crippen molar-refractivity contribution in [3.63, 3.8) is 0 Å². The molecule has 0 amide bonds. The Bertz CT molecular complexity index is 341. The van der Waals surface area contributed by atoms with E-state index in [1.807, 2.05) is 0 Å². The fourth-order valence-corrected chi connectivity index (χ4v) is 2.77. The minimum Gasteiger partial charge on any atom is -0.117 e. The summed E-state index contributed by atoms with van der Waals surface area (Å²) in [5.74, 6) is 0.595. The van der Waals surface area contributed by atoms with Crippen molar-refractivity contribution in [3.8, 4) is 0 Å². The van der Waals surface area contributed by atoms with E-state index in [1.54, 1.807) is 0 Å². The topological polar surface area (TPSA) is 0 Å². The number of alkyl halides is 1. The van der Waals surface area contributed by atoms with Gasteiger partial charge in [-0.05, 0) is 42.9 Å². The lowest BCUT2D eigenvalue weighted by Gasteiger charge is -2.10. The molecular weight excluding hydrogens is 180 g/mol. The van der Waals surface area contributed by atoms with Crippen molar-refractivity contribution in [1.82, 2.24) is 0 Å². The summed E-state index contributed by atoms with van der Waals surface area (Å²) in [5, 5.41) is 0.232. The summed E-state index contributed by atoms with van der Waals surface area (Å²) < 4.78 is 0. The maximum Gasteiger partial charge on any atom is 0.0619 e. The molecule has 1 aromatic carbocycles. The van der Waals surface area contributed by atoms with Crippen LogP contribution in [0.5, 0.6) is 0 Å². The predicted octanol–water partition coefficient (Wildman–Crippen LogP) is 3.78. The highest BCUT2D eigenvalue weighted by Gasteiger charge is 2.28. The second-order valence-electron chi connectivity index (χ2n) is 4.24. The third kappa shape index (κ3) is 1.38. The maximum atomic E-state index is 6.35. The van der Waals surface area contributed by atoms with Crippen molar-refractivity contribution in [2.24, 2.45) is 5.92 Å². The van der Waals surface area contributed by atoms with Crippen LogP contribution < -0.4 is 0 Å². The second-order valence-corrected chi connectivity index (χ2v) is 4.71. The molecule has 13 heavy (non-hydrogen) atoms. The van der Waals surface area contributed by atoms with Crippen molar-refractivity contribution < 1.29 is 0 Å². The van der Waals surface area contributed by atoms with Gasteiger partial charge in [0, 0.05) is 0 Å². The fourth-order valence-electron chi connectivity index (χ4n) is 2.37. The first-order valence-corrected chi connectivity index (χ1v) is 5.27. The lowest BCUT2D eigenvalue weighted by Crippen LogP contribution is -1.96. The molecule has 0 N–H and O–H groups in total. The molecule has 1 aliphatic rings. The fraction of sp³-hybridized carbons (Fsp3) is 0.500. The minimum atomic E-state index is 0.232. The molecule has 2 atom stereocenters. The quantitative estimate of drug-likeness (QED) is 0.552. The normalized spacial score (nSPS) is 26.2. The Morgan fingerprint density at radius 1 is 1.31 bits per heavy atom. The van der Waals surface area contributed by atoms with Gasteiger partial charge in [0.15, 0.2) is 0 Å². The average Bonchev–Trinajstić information content (AvgIpc) is 2.27. The summed E-state index contributed by atoms with van der Waals surface area (Å²) in [6, 6.07) is 4.51. The van der Waals surface area contributed by atoms with E-state index < -0.39 is 0 Å². The van der Waals surface area contributed by atoms with Gasteiger partial charge in [-0.25, -0.2) is 0 Å². The van der Waals surface area contributed by atoms with Crippen LogP contribution in [0.4, 0.5) is 0 Å². The van der Waals surface area contributed by atoms with Crippen LogP contribution in [-0.4, -0.2) is 0 Å². The number of fused-ring (bicyclic) bond motifs is 1. The second kappa shape index (κ2) is 3.02. The summed E-state index contributed by atoms with van der Waals surface area (Å²) in [6.45, 7) is 6.55. The molecule has 2 rings (SSSR count). The molecule has 0 saturated heterocycles. The van der Waals surface area contributed by atoms with Gasteiger partial charge in [0.2, 0.25) is 0 Å². The number of benzene rings is 1. The first-order chi connectivity index (χ1) is 6.09. The minimum absolute atomic E-state index is 0.232. The lowest BCUT2D eigenvalue weighted by atomic mass is 10.0. The molecule has 0 radical (unpaired) electrons. The van der Waals surface area contributed by atoms with Crippen molar-refractivity contribution in [2.75, 3.05) is 0 Å². The molecular formula is C12H15Cl. The van der Waals surface area contributed by atoms with Gasteiger partial charge in [-0.15, -0.1) is 11.6 Å². The van der Waals surface area contributed by atoms with Gasteiger partial charge < -0.3 is 0 Å². The van der Waals surface area contributed by atoms with Crippen molar-refractivity contribution >= 4 is 11.6 Å². The van der Waals surface area contributed by atoms with E-state index in [-0.39, 0.29) is 5.38 Å². The van der Waals surface area contributed by atoms with E-state index in [9.17, 15) is 0 Å². The number of hydrogen-bond acceptors (Lipinski definition) is 0. The van der Waals surface area contributed by atoms with E-state index in [0.29, 0.717) is 5.92 Å². The Balaban J connectivity index is 2.57. The van der Waals surface area contributed by atoms with Crippen molar-refractivity contribution in [3.05, 3.63) is 34.4 Å². The number of halogens is 1. The Labute approximate surface area is 84.9 Å². The van der Waals surface area contributed by atoms with Gasteiger partial charge in [0.25, 0.3) is 0 Å². The zero-order chi connectivity index (χ0) is 9.59. The van der Waals surface area contributed by atoms with Gasteiger partial charge in [0.05, 0.1) is 5.38 Å². The third-order valence-corrected chi connectivity index (χ3v) is 3.58. The molecule has 0 bridgehead atoms. The number of aryl methyl sites for hydroxylation is 2. The van der Waals surface area contributed by atoms with Gasteiger partial charge in [-0.2, -0.15) is 0 Å². The monoisotopic (exact) mass is 194 g/mol. The molecule has 70 valence electrons. The van der Waals surface area contributed by atoms with Crippen LogP contribution in [0.15, 0.2) is 12.1 Å². The zero-order valence-corrected chi connectivity index (χ0v) is 9.15. The van der Waals surface area contributed by atoms with Gasteiger partial charge in [0.1, 0.15) is 0 Å². The van der Waals surface area contributed by atoms with Crippen LogP contribution in [0, 0.1) is 19.8 Å². The van der Waals surface area contributed by atoms with E-state index in [0.717, 1.165) is 6.42 Å². The third-order valence-electron chi connectivity index (χ3n) is 2.93. The molecule has 0 fully saturated rings. The largest absolute Gasteiger partial charge is 0.117 e. The van der Waals surface area contributed by atoms with Gasteiger partial charge >= 0.3 is 0 Å². The Morgan fingerprint density at radius 3 is 2.69 bits per heavy atom. The van der Waals surface area contributed by atoms with E-state index in [4.69, 9.17) is 11.6 Å². The van der Waals surface area contributed by atoms with Crippen LogP contribution in [0.1, 0.15) is 34.6 Å². The van der Waals surface area contributed by atoms with Crippen molar-refractivity contribution in [2.45, 2.75) is 32.6 Å². The summed E-state index contributed by atoms with van der Waals surface area (Å²) in [7, 11) is 0. The van der Waals surface area contributed by atoms with Crippen LogP contribution in [-0.2, 0) is 6.42 Å². The van der Waals surface area contributed by atoms with E-state index >= 15 is 0 Å². The first kappa shape index (κ1) is 9.08. The summed E-state index contributed by atoms with van der Waals surface area (Å²) in [4.78, 5) is 0. The highest BCUT2D eigenvalue weighted by Crippen LogP contribution is 2.42. The first-order valence-electron chi connectivity index (χ1n) is 4.83. The van der Waals surface area contributed by atoms with E-state index in [2.05, 4.69) is 32.9 Å². The SMILES string of the molecule is Cc1cc(C)c2c(c1)CC(C)C2Cl. The molecule has 1 aliphatic carbocycles. The molecule has 0 heterocycles. The smallest absolute Gasteiger partial charge is 0.0619 e. The molecule has 0 saturated carbocycles. The summed E-state index contributed by atoms with van der Waals surface area (Å²) in [6.07, 6.45) is 1.14. The van der Waals surface area contributed by atoms with E-state index in [1.165, 1.54) is 22.3 Å². The van der Waals surface area contributed by atoms with Crippen LogP contribution in [0.25, 0.3) is 0 Å². The molecule has 0 spiro atoms. The molecule has 0 aromatic heterocycles. The average molecular weight is 195 g/mol. The summed E-state index contributed by atoms with van der Waals surface area (Å²) in [5.41, 5.74) is 5.57. The molecule has 0 nitrogen and oxygen atoms in total. The number of hydrogen-bond donors (Lipinski definition) is 0. The molecule has 1 aromatic rings. The zero-order valence-electron chi connectivity index (χ0n) is 8.39. The Morgan fingerprint density at radius 2 is 2.00 bits per heavy atom. The number of rotatable bonds is 0. The summed E-state index contributed by atoms with van der Waals surface area (Å²) >= 11 is 6.35. The van der Waals surface area contributed by atoms with Crippen molar-refractivity contribution in [1.29, 1.82) is 0 Å². The standard InChI is InChI=1S/C12H15Cl/c1-7-4-8(2)11-10(5-7)6-9(3)12(11)13/h4-5,9,12H,6H2,1-3H3. The molecule has 2 unspecified atom stereocenters. The van der Waals surface area contributed by atoms with Gasteiger partial charge in [-0.1, -0.05) is 24.6 Å². The Hall–Kier alpha value is -0.490. The predicted molar refractivity (Wildman–Crippen MR) is 57.4 cm³/mol. The molecule has 1 heteroatoms. The lowest BCUT2D eigenvalue weighted by molar-refractivity contribution is 0.608. The highest BCUT2D eigenvalue weighted by molar-refractivity contribution is 6.21. The Kier molecular flexibility index (Phi) is 2.11. The molecule has 0 aliphatic heterocycles. The van der Waals surface area contributed by atoms with Crippen LogP contribution in [0.3, 0.4) is 0 Å². The maximum absolute atomic E-state index is 6.35. The van der Waals surface area contributed by atoms with Crippen LogP contribution in [0.2, 0.25) is 0 Å². The van der Waals surface area contributed by atoms with Crippen LogP contribution >= 0.6 is 11.6 Å². The van der Waals surface area contributed by atoms with Gasteiger partial charge in [-0.3, -0.25) is 0 Å².